The zero-order valence-electron chi connectivity index (χ0n) is 10.7. The molecule has 1 aliphatic heterocycles. The monoisotopic (exact) mass is 263 g/mol. The number of nitrogens with zero attached hydrogens (tertiary/aromatic N) is 3. The Labute approximate surface area is 111 Å². The maximum atomic E-state index is 12.1. The van der Waals surface area contributed by atoms with E-state index in [9.17, 15) is 4.79 Å². The van der Waals surface area contributed by atoms with Crippen LogP contribution in [0, 0.1) is 11.3 Å². The Kier molecular flexibility index (Phi) is 3.69. The van der Waals surface area contributed by atoms with Gasteiger partial charge in [0.05, 0.1) is 10.9 Å². The second-order valence-electron chi connectivity index (χ2n) is 4.93. The summed E-state index contributed by atoms with van der Waals surface area (Å²) < 4.78 is 0. The van der Waals surface area contributed by atoms with Crippen LogP contribution in [0.5, 0.6) is 0 Å². The van der Waals surface area contributed by atoms with Crippen molar-refractivity contribution in [1.29, 1.82) is 5.26 Å². The van der Waals surface area contributed by atoms with E-state index in [2.05, 4.69) is 11.0 Å². The fourth-order valence-corrected chi connectivity index (χ4v) is 2.79. The third-order valence-electron chi connectivity index (χ3n) is 3.36. The number of carbonyl (C=O) groups is 1. The molecule has 18 heavy (non-hydrogen) atoms. The summed E-state index contributed by atoms with van der Waals surface area (Å²) in [4.78, 5) is 16.9. The Morgan fingerprint density at radius 2 is 2.06 bits per heavy atom. The number of amides is 1. The van der Waals surface area contributed by atoms with Crippen LogP contribution in [0.3, 0.4) is 0 Å². The van der Waals surface area contributed by atoms with Crippen molar-refractivity contribution in [2.24, 2.45) is 0 Å². The van der Waals surface area contributed by atoms with Crippen LogP contribution in [0.1, 0.15) is 23.5 Å². The van der Waals surface area contributed by atoms with E-state index in [4.69, 9.17) is 5.26 Å². The summed E-state index contributed by atoms with van der Waals surface area (Å²) in [5, 5.41) is 11.0. The van der Waals surface area contributed by atoms with Gasteiger partial charge in [-0.1, -0.05) is 6.07 Å². The Morgan fingerprint density at radius 3 is 2.56 bits per heavy atom. The number of hydrogen-bond acceptors (Lipinski definition) is 4. The van der Waals surface area contributed by atoms with Crippen LogP contribution in [0.15, 0.2) is 17.5 Å². The van der Waals surface area contributed by atoms with Gasteiger partial charge in [-0.25, -0.2) is 0 Å². The summed E-state index contributed by atoms with van der Waals surface area (Å²) in [5.74, 6) is 0.111. The normalized spacial score (nSPS) is 17.5. The molecule has 1 saturated heterocycles. The highest BCUT2D eigenvalue weighted by atomic mass is 32.1. The minimum Gasteiger partial charge on any atom is -0.335 e. The lowest BCUT2D eigenvalue weighted by Gasteiger charge is -2.40. The minimum atomic E-state index is -0.446. The maximum Gasteiger partial charge on any atom is 0.264 e. The van der Waals surface area contributed by atoms with Crippen molar-refractivity contribution in [3.63, 3.8) is 0 Å². The SMILES string of the molecule is CC(C)(C#N)N1CCN(C(=O)c2cccs2)CC1. The molecule has 1 fully saturated rings. The second-order valence-corrected chi connectivity index (χ2v) is 5.88. The molecule has 0 atom stereocenters. The molecule has 5 heteroatoms. The third-order valence-corrected chi connectivity index (χ3v) is 4.22. The van der Waals surface area contributed by atoms with Gasteiger partial charge in [0.25, 0.3) is 5.91 Å². The largest absolute Gasteiger partial charge is 0.335 e. The molecule has 1 aliphatic rings. The Hall–Kier alpha value is -1.38. The first-order valence-electron chi connectivity index (χ1n) is 6.04. The summed E-state index contributed by atoms with van der Waals surface area (Å²) >= 11 is 1.48. The third kappa shape index (κ3) is 2.55. The molecule has 2 heterocycles. The van der Waals surface area contributed by atoms with Crippen molar-refractivity contribution < 1.29 is 4.79 Å². The zero-order valence-corrected chi connectivity index (χ0v) is 11.5. The highest BCUT2D eigenvalue weighted by Gasteiger charge is 2.31. The molecule has 96 valence electrons. The fourth-order valence-electron chi connectivity index (χ4n) is 2.10. The molecule has 0 aromatic carbocycles. The van der Waals surface area contributed by atoms with Crippen LogP contribution in [-0.4, -0.2) is 47.4 Å². The van der Waals surface area contributed by atoms with Gasteiger partial charge in [0.15, 0.2) is 0 Å². The number of piperazine rings is 1. The molecule has 1 aromatic heterocycles. The van der Waals surface area contributed by atoms with Crippen molar-refractivity contribution in [3.05, 3.63) is 22.4 Å². The smallest absolute Gasteiger partial charge is 0.264 e. The minimum absolute atomic E-state index is 0.111. The molecule has 2 rings (SSSR count). The average molecular weight is 263 g/mol. The molecule has 0 N–H and O–H groups in total. The van der Waals surface area contributed by atoms with Crippen LogP contribution in [-0.2, 0) is 0 Å². The molecule has 0 spiro atoms. The standard InChI is InChI=1S/C13H17N3OS/c1-13(2,10-14)16-7-5-15(6-8-16)12(17)11-4-3-9-18-11/h3-4,9H,5-8H2,1-2H3. The van der Waals surface area contributed by atoms with Crippen molar-refractivity contribution in [3.8, 4) is 6.07 Å². The van der Waals surface area contributed by atoms with Crippen LogP contribution < -0.4 is 0 Å². The number of hydrogen-bond donors (Lipinski definition) is 0. The summed E-state index contributed by atoms with van der Waals surface area (Å²) in [5.41, 5.74) is -0.446. The number of rotatable bonds is 2. The van der Waals surface area contributed by atoms with Gasteiger partial charge in [-0.2, -0.15) is 5.26 Å². The van der Waals surface area contributed by atoms with Crippen molar-refractivity contribution >= 4 is 17.2 Å². The van der Waals surface area contributed by atoms with Gasteiger partial charge in [-0.05, 0) is 25.3 Å². The molecule has 0 bridgehead atoms. The highest BCUT2D eigenvalue weighted by molar-refractivity contribution is 7.12. The molecule has 0 aliphatic carbocycles. The summed E-state index contributed by atoms with van der Waals surface area (Å²) in [7, 11) is 0. The Morgan fingerprint density at radius 1 is 1.39 bits per heavy atom. The lowest BCUT2D eigenvalue weighted by Crippen LogP contribution is -2.55. The van der Waals surface area contributed by atoms with Gasteiger partial charge in [0, 0.05) is 26.2 Å². The molecule has 4 nitrogen and oxygen atoms in total. The van der Waals surface area contributed by atoms with Crippen LogP contribution in [0.2, 0.25) is 0 Å². The lowest BCUT2D eigenvalue weighted by molar-refractivity contribution is 0.0525. The highest BCUT2D eigenvalue weighted by Crippen LogP contribution is 2.18. The van der Waals surface area contributed by atoms with Crippen molar-refractivity contribution in [1.82, 2.24) is 9.80 Å². The molecular weight excluding hydrogens is 246 g/mol. The van der Waals surface area contributed by atoms with Gasteiger partial charge in [-0.3, -0.25) is 9.69 Å². The molecule has 1 amide bonds. The van der Waals surface area contributed by atoms with Crippen molar-refractivity contribution in [2.75, 3.05) is 26.2 Å². The van der Waals surface area contributed by atoms with E-state index in [1.165, 1.54) is 11.3 Å². The average Bonchev–Trinajstić information content (AvgIpc) is 2.92. The predicted molar refractivity (Wildman–Crippen MR) is 71.5 cm³/mol. The molecule has 0 radical (unpaired) electrons. The lowest BCUT2D eigenvalue weighted by atomic mass is 10.0. The van der Waals surface area contributed by atoms with E-state index < -0.39 is 5.54 Å². The summed E-state index contributed by atoms with van der Waals surface area (Å²) in [6, 6.07) is 6.06. The van der Waals surface area contributed by atoms with Gasteiger partial charge < -0.3 is 4.90 Å². The quantitative estimate of drug-likeness (QED) is 0.817. The molecule has 0 saturated carbocycles. The first kappa shape index (κ1) is 13.1. The molecular formula is C13H17N3OS. The maximum absolute atomic E-state index is 12.1. The summed E-state index contributed by atoms with van der Waals surface area (Å²) in [6.07, 6.45) is 0. The molecule has 0 unspecified atom stereocenters. The van der Waals surface area contributed by atoms with Crippen molar-refractivity contribution in [2.45, 2.75) is 19.4 Å². The predicted octanol–water partition coefficient (Wildman–Crippen LogP) is 1.81. The zero-order chi connectivity index (χ0) is 13.2. The second kappa shape index (κ2) is 5.09. The van der Waals surface area contributed by atoms with E-state index in [1.807, 2.05) is 36.3 Å². The fraction of sp³-hybridized carbons (Fsp3) is 0.538. The van der Waals surface area contributed by atoms with E-state index in [1.54, 1.807) is 0 Å². The van der Waals surface area contributed by atoms with Gasteiger partial charge in [-0.15, -0.1) is 11.3 Å². The van der Waals surface area contributed by atoms with Crippen LogP contribution >= 0.6 is 11.3 Å². The van der Waals surface area contributed by atoms with Crippen LogP contribution in [0.4, 0.5) is 0 Å². The van der Waals surface area contributed by atoms with E-state index in [0.717, 1.165) is 18.0 Å². The number of thiophene rings is 1. The molecule has 1 aromatic rings. The van der Waals surface area contributed by atoms with Gasteiger partial charge >= 0.3 is 0 Å². The first-order chi connectivity index (χ1) is 8.54. The van der Waals surface area contributed by atoms with E-state index in [-0.39, 0.29) is 5.91 Å². The van der Waals surface area contributed by atoms with Gasteiger partial charge in [0.2, 0.25) is 0 Å². The Bertz CT molecular complexity index is 453. The van der Waals surface area contributed by atoms with E-state index in [0.29, 0.717) is 13.1 Å². The van der Waals surface area contributed by atoms with Crippen LogP contribution in [0.25, 0.3) is 0 Å². The van der Waals surface area contributed by atoms with Gasteiger partial charge in [0.1, 0.15) is 5.54 Å². The Balaban J connectivity index is 1.96. The number of carbonyl (C=O) groups excluding carboxylic acids is 1. The number of nitriles is 1. The summed E-state index contributed by atoms with van der Waals surface area (Å²) in [6.45, 7) is 6.76. The van der Waals surface area contributed by atoms with E-state index >= 15 is 0 Å². The topological polar surface area (TPSA) is 47.3 Å². The first-order valence-corrected chi connectivity index (χ1v) is 6.91.